The van der Waals surface area contributed by atoms with Gasteiger partial charge in [0.15, 0.2) is 0 Å². The number of nitrogens with one attached hydrogen (secondary N) is 2. The minimum Gasteiger partial charge on any atom is -0.497 e. The summed E-state index contributed by atoms with van der Waals surface area (Å²) < 4.78 is 10.3. The number of benzene rings is 2. The molecular formula is C30H42N4O4. The highest BCUT2D eigenvalue weighted by Gasteiger charge is 2.11. The van der Waals surface area contributed by atoms with Gasteiger partial charge in [0.1, 0.15) is 11.5 Å². The van der Waals surface area contributed by atoms with E-state index in [0.29, 0.717) is 26.2 Å². The van der Waals surface area contributed by atoms with Gasteiger partial charge in [0.05, 0.1) is 14.2 Å². The predicted octanol–water partition coefficient (Wildman–Crippen LogP) is 3.48. The Morgan fingerprint density at radius 3 is 1.92 bits per heavy atom. The van der Waals surface area contributed by atoms with Crippen molar-refractivity contribution in [3.63, 3.8) is 0 Å². The molecule has 0 aliphatic heterocycles. The fourth-order valence-electron chi connectivity index (χ4n) is 3.71. The number of amides is 2. The lowest BCUT2D eigenvalue weighted by molar-refractivity contribution is -0.126. The van der Waals surface area contributed by atoms with Gasteiger partial charge in [-0.15, -0.1) is 0 Å². The number of rotatable bonds is 18. The van der Waals surface area contributed by atoms with Crippen LogP contribution in [0.2, 0.25) is 0 Å². The molecule has 0 spiro atoms. The third kappa shape index (κ3) is 12.6. The van der Waals surface area contributed by atoms with Crippen molar-refractivity contribution in [1.29, 1.82) is 0 Å². The van der Waals surface area contributed by atoms with E-state index in [1.54, 1.807) is 37.3 Å². The van der Waals surface area contributed by atoms with Crippen LogP contribution in [0.25, 0.3) is 12.2 Å². The van der Waals surface area contributed by atoms with Crippen LogP contribution >= 0.6 is 0 Å². The minimum absolute atomic E-state index is 0.0755. The maximum atomic E-state index is 13.0. The zero-order valence-electron chi connectivity index (χ0n) is 22.7. The van der Waals surface area contributed by atoms with Gasteiger partial charge in [0.2, 0.25) is 11.8 Å². The summed E-state index contributed by atoms with van der Waals surface area (Å²) in [6, 6.07) is 15.0. The molecule has 0 unspecified atom stereocenters. The summed E-state index contributed by atoms with van der Waals surface area (Å²) in [4.78, 5) is 27.1. The van der Waals surface area contributed by atoms with Crippen molar-refractivity contribution < 1.29 is 19.1 Å². The summed E-state index contributed by atoms with van der Waals surface area (Å²) in [6.45, 7) is 3.89. The monoisotopic (exact) mass is 522 g/mol. The number of nitrogens with zero attached hydrogens (tertiary/aromatic N) is 1. The molecular weight excluding hydrogens is 480 g/mol. The number of carbonyl (C=O) groups excluding carboxylic acids is 2. The van der Waals surface area contributed by atoms with Crippen LogP contribution in [0.4, 0.5) is 0 Å². The Labute approximate surface area is 226 Å². The molecule has 8 heteroatoms. The van der Waals surface area contributed by atoms with Crippen LogP contribution in [0.5, 0.6) is 11.5 Å². The molecule has 0 saturated heterocycles. The van der Waals surface area contributed by atoms with E-state index in [1.807, 2.05) is 48.5 Å². The van der Waals surface area contributed by atoms with E-state index in [1.165, 1.54) is 6.08 Å². The smallest absolute Gasteiger partial charge is 0.246 e. The topological polar surface area (TPSA) is 106 Å². The second kappa shape index (κ2) is 18.6. The van der Waals surface area contributed by atoms with Gasteiger partial charge < -0.3 is 30.7 Å². The molecule has 0 fully saturated rings. The summed E-state index contributed by atoms with van der Waals surface area (Å²) in [5.74, 6) is 1.26. The molecule has 2 aromatic carbocycles. The van der Waals surface area contributed by atoms with Gasteiger partial charge in [-0.3, -0.25) is 9.59 Å². The SMILES string of the molecule is COc1ccc(/C=C/C(=O)NCCN(CCCCCCNCCN)C(=O)/C=C/c2ccc(OC)cc2)cc1. The molecule has 0 saturated carbocycles. The average Bonchev–Trinajstić information content (AvgIpc) is 2.95. The molecule has 2 rings (SSSR count). The summed E-state index contributed by atoms with van der Waals surface area (Å²) in [5.41, 5.74) is 7.31. The molecule has 0 aliphatic carbocycles. The third-order valence-electron chi connectivity index (χ3n) is 5.92. The molecule has 0 heterocycles. The van der Waals surface area contributed by atoms with Crippen LogP contribution in [0.1, 0.15) is 36.8 Å². The van der Waals surface area contributed by atoms with E-state index in [4.69, 9.17) is 15.2 Å². The van der Waals surface area contributed by atoms with Crippen molar-refractivity contribution >= 4 is 24.0 Å². The van der Waals surface area contributed by atoms with Crippen molar-refractivity contribution in [3.05, 3.63) is 71.8 Å². The Kier molecular flexibility index (Phi) is 15.0. The standard InChI is InChI=1S/C30H42N4O4/c1-37-27-13-7-25(8-14-27)11-17-29(35)33-22-24-34(23-6-4-3-5-20-32-21-19-31)30(36)18-12-26-9-15-28(38-2)16-10-26/h7-18,32H,3-6,19-24,31H2,1-2H3,(H,33,35)/b17-11+,18-12+. The Balaban J connectivity index is 1.86. The van der Waals surface area contributed by atoms with Crippen LogP contribution in [0.3, 0.4) is 0 Å². The van der Waals surface area contributed by atoms with Crippen molar-refractivity contribution in [2.24, 2.45) is 5.73 Å². The molecule has 4 N–H and O–H groups in total. The third-order valence-corrected chi connectivity index (χ3v) is 5.92. The average molecular weight is 523 g/mol. The zero-order chi connectivity index (χ0) is 27.4. The molecule has 0 aromatic heterocycles. The lowest BCUT2D eigenvalue weighted by Gasteiger charge is -2.21. The Morgan fingerprint density at radius 1 is 0.763 bits per heavy atom. The highest BCUT2D eigenvalue weighted by atomic mass is 16.5. The van der Waals surface area contributed by atoms with Gasteiger partial charge in [0.25, 0.3) is 0 Å². The molecule has 2 aromatic rings. The first-order valence-electron chi connectivity index (χ1n) is 13.2. The molecule has 38 heavy (non-hydrogen) atoms. The maximum Gasteiger partial charge on any atom is 0.246 e. The number of carbonyl (C=O) groups is 2. The summed E-state index contributed by atoms with van der Waals surface area (Å²) in [5, 5.41) is 6.18. The van der Waals surface area contributed by atoms with E-state index < -0.39 is 0 Å². The van der Waals surface area contributed by atoms with Crippen molar-refractivity contribution in [1.82, 2.24) is 15.5 Å². The van der Waals surface area contributed by atoms with Crippen LogP contribution in [-0.2, 0) is 9.59 Å². The fraction of sp³-hybridized carbons (Fsp3) is 0.400. The number of hydrogen-bond acceptors (Lipinski definition) is 6. The Morgan fingerprint density at radius 2 is 1.34 bits per heavy atom. The van der Waals surface area contributed by atoms with E-state index >= 15 is 0 Å². The molecule has 0 bridgehead atoms. The van der Waals surface area contributed by atoms with E-state index in [9.17, 15) is 9.59 Å². The molecule has 2 amide bonds. The minimum atomic E-state index is -0.202. The molecule has 206 valence electrons. The van der Waals surface area contributed by atoms with E-state index in [-0.39, 0.29) is 11.8 Å². The van der Waals surface area contributed by atoms with Crippen molar-refractivity contribution in [2.75, 3.05) is 53.5 Å². The molecule has 0 aliphatic rings. The fourth-order valence-corrected chi connectivity index (χ4v) is 3.71. The van der Waals surface area contributed by atoms with Crippen LogP contribution in [0, 0.1) is 0 Å². The zero-order valence-corrected chi connectivity index (χ0v) is 22.7. The first kappa shape index (κ1) is 30.6. The summed E-state index contributed by atoms with van der Waals surface area (Å²) >= 11 is 0. The molecule has 0 radical (unpaired) electrons. The van der Waals surface area contributed by atoms with E-state index in [0.717, 1.165) is 61.4 Å². The van der Waals surface area contributed by atoms with Gasteiger partial charge in [-0.1, -0.05) is 37.1 Å². The summed E-state index contributed by atoms with van der Waals surface area (Å²) in [6.07, 6.45) is 10.7. The largest absolute Gasteiger partial charge is 0.497 e. The van der Waals surface area contributed by atoms with Gasteiger partial charge in [-0.05, 0) is 66.9 Å². The van der Waals surface area contributed by atoms with E-state index in [2.05, 4.69) is 10.6 Å². The highest BCUT2D eigenvalue weighted by Crippen LogP contribution is 2.13. The Bertz CT molecular complexity index is 1000. The van der Waals surface area contributed by atoms with Crippen molar-refractivity contribution in [2.45, 2.75) is 25.7 Å². The van der Waals surface area contributed by atoms with Gasteiger partial charge >= 0.3 is 0 Å². The maximum absolute atomic E-state index is 13.0. The first-order valence-corrected chi connectivity index (χ1v) is 13.2. The normalized spacial score (nSPS) is 11.1. The summed E-state index contributed by atoms with van der Waals surface area (Å²) in [7, 11) is 3.24. The molecule has 8 nitrogen and oxygen atoms in total. The Hall–Kier alpha value is -3.62. The van der Waals surface area contributed by atoms with Gasteiger partial charge in [0, 0.05) is 44.9 Å². The highest BCUT2D eigenvalue weighted by molar-refractivity contribution is 5.92. The van der Waals surface area contributed by atoms with Crippen LogP contribution in [-0.4, -0.2) is 70.2 Å². The van der Waals surface area contributed by atoms with Crippen LogP contribution < -0.4 is 25.8 Å². The lowest BCUT2D eigenvalue weighted by Crippen LogP contribution is -2.38. The number of ether oxygens (including phenoxy) is 2. The van der Waals surface area contributed by atoms with Gasteiger partial charge in [-0.2, -0.15) is 0 Å². The lowest BCUT2D eigenvalue weighted by atomic mass is 10.1. The second-order valence-electron chi connectivity index (χ2n) is 8.78. The second-order valence-corrected chi connectivity index (χ2v) is 8.78. The number of hydrogen-bond donors (Lipinski definition) is 3. The number of methoxy groups -OCH3 is 2. The quantitative estimate of drug-likeness (QED) is 0.204. The predicted molar refractivity (Wildman–Crippen MR) is 154 cm³/mol. The number of unbranched alkanes of at least 4 members (excludes halogenated alkanes) is 3. The molecule has 0 atom stereocenters. The van der Waals surface area contributed by atoms with Crippen molar-refractivity contribution in [3.8, 4) is 11.5 Å². The first-order chi connectivity index (χ1) is 18.5. The van der Waals surface area contributed by atoms with Gasteiger partial charge in [-0.25, -0.2) is 0 Å². The number of nitrogens with two attached hydrogens (primary N) is 1. The van der Waals surface area contributed by atoms with Crippen LogP contribution in [0.15, 0.2) is 60.7 Å².